The maximum absolute atomic E-state index is 13.8. The molecule has 2 aliphatic heterocycles. The average molecular weight is 492 g/mol. The normalized spacial score (nSPS) is 19.3. The van der Waals surface area contributed by atoms with Crippen molar-refractivity contribution in [1.82, 2.24) is 14.8 Å². The zero-order chi connectivity index (χ0) is 25.6. The van der Waals surface area contributed by atoms with Crippen molar-refractivity contribution in [2.75, 3.05) is 19.8 Å². The van der Waals surface area contributed by atoms with Gasteiger partial charge in [0.2, 0.25) is 0 Å². The van der Waals surface area contributed by atoms with E-state index in [4.69, 9.17) is 9.47 Å². The molecule has 0 radical (unpaired) electrons. The largest absolute Gasteiger partial charge is 0.490 e. The van der Waals surface area contributed by atoms with Gasteiger partial charge in [0.1, 0.15) is 11.4 Å². The Hall–Kier alpha value is -4.14. The highest BCUT2D eigenvalue weighted by molar-refractivity contribution is 6.11. The third-order valence-electron chi connectivity index (χ3n) is 6.70. The number of fused-ring (bicyclic) bond motifs is 1. The fourth-order valence-electron chi connectivity index (χ4n) is 4.80. The molecule has 0 saturated carbocycles. The summed E-state index contributed by atoms with van der Waals surface area (Å²) in [7, 11) is 0. The summed E-state index contributed by atoms with van der Waals surface area (Å²) in [6.07, 6.45) is 0.743. The van der Waals surface area contributed by atoms with Crippen molar-refractivity contribution < 1.29 is 28.2 Å². The number of ether oxygens (including phenoxy) is 2. The number of rotatable bonds is 5. The van der Waals surface area contributed by atoms with Gasteiger partial charge in [0.05, 0.1) is 19.8 Å². The summed E-state index contributed by atoms with van der Waals surface area (Å²) in [6, 6.07) is 12.2. The third-order valence-corrected chi connectivity index (χ3v) is 6.70. The van der Waals surface area contributed by atoms with Gasteiger partial charge in [-0.1, -0.05) is 12.1 Å². The van der Waals surface area contributed by atoms with Crippen molar-refractivity contribution >= 4 is 17.7 Å². The molecular formula is C27H26FN3O5. The van der Waals surface area contributed by atoms with Crippen molar-refractivity contribution in [2.24, 2.45) is 0 Å². The van der Waals surface area contributed by atoms with Crippen LogP contribution in [0.15, 0.2) is 48.5 Å². The molecule has 0 spiro atoms. The number of aryl methyl sites for hydroxylation is 1. The van der Waals surface area contributed by atoms with Crippen LogP contribution in [0.5, 0.6) is 11.5 Å². The van der Waals surface area contributed by atoms with E-state index in [2.05, 4.69) is 5.32 Å². The van der Waals surface area contributed by atoms with Crippen molar-refractivity contribution in [2.45, 2.75) is 32.7 Å². The van der Waals surface area contributed by atoms with E-state index in [0.717, 1.165) is 17.0 Å². The van der Waals surface area contributed by atoms with Gasteiger partial charge in [-0.15, -0.1) is 0 Å². The Morgan fingerprint density at radius 1 is 1.06 bits per heavy atom. The summed E-state index contributed by atoms with van der Waals surface area (Å²) in [6.45, 7) is 5.77. The van der Waals surface area contributed by atoms with Crippen LogP contribution in [0.3, 0.4) is 0 Å². The molecule has 1 fully saturated rings. The van der Waals surface area contributed by atoms with Crippen LogP contribution in [0.25, 0.3) is 5.69 Å². The van der Waals surface area contributed by atoms with Gasteiger partial charge >= 0.3 is 6.03 Å². The van der Waals surface area contributed by atoms with Crippen LogP contribution >= 0.6 is 0 Å². The Kier molecular flexibility index (Phi) is 5.78. The number of carbonyl (C=O) groups excluding carboxylic acids is 3. The molecule has 0 aliphatic carbocycles. The molecule has 1 aromatic heterocycles. The van der Waals surface area contributed by atoms with Crippen LogP contribution in [-0.4, -0.2) is 46.9 Å². The van der Waals surface area contributed by atoms with E-state index in [1.54, 1.807) is 54.8 Å². The smallest absolute Gasteiger partial charge is 0.325 e. The highest BCUT2D eigenvalue weighted by atomic mass is 19.1. The molecule has 3 aromatic rings. The minimum Gasteiger partial charge on any atom is -0.490 e. The Morgan fingerprint density at radius 2 is 1.81 bits per heavy atom. The van der Waals surface area contributed by atoms with E-state index in [-0.39, 0.29) is 5.82 Å². The number of nitrogens with one attached hydrogen (secondary N) is 1. The topological polar surface area (TPSA) is 89.9 Å². The molecule has 9 heteroatoms. The van der Waals surface area contributed by atoms with E-state index in [1.807, 2.05) is 6.92 Å². The highest BCUT2D eigenvalue weighted by Crippen LogP contribution is 2.36. The number of hydrogen-bond acceptors (Lipinski definition) is 5. The molecule has 5 rings (SSSR count). The first-order valence-corrected chi connectivity index (χ1v) is 11.7. The number of hydrogen-bond donors (Lipinski definition) is 1. The van der Waals surface area contributed by atoms with E-state index in [0.29, 0.717) is 47.2 Å². The Morgan fingerprint density at radius 3 is 2.56 bits per heavy atom. The number of urea groups is 1. The fourth-order valence-corrected chi connectivity index (χ4v) is 4.80. The summed E-state index contributed by atoms with van der Waals surface area (Å²) in [5, 5.41) is 2.73. The number of nitrogens with zero attached hydrogens (tertiary/aromatic N) is 2. The Labute approximate surface area is 207 Å². The molecule has 1 unspecified atom stereocenters. The first-order chi connectivity index (χ1) is 17.2. The number of ketones is 1. The molecule has 3 heterocycles. The Balaban J connectivity index is 1.40. The quantitative estimate of drug-likeness (QED) is 0.430. The predicted molar refractivity (Wildman–Crippen MR) is 129 cm³/mol. The number of imide groups is 1. The first-order valence-electron chi connectivity index (χ1n) is 11.7. The van der Waals surface area contributed by atoms with Gasteiger partial charge in [0, 0.05) is 29.1 Å². The lowest BCUT2D eigenvalue weighted by atomic mass is 9.91. The van der Waals surface area contributed by atoms with Crippen LogP contribution in [0.4, 0.5) is 9.18 Å². The number of Topliss-reactive ketones (excluding diaryl/α,β-unsaturated/α-hetero) is 1. The van der Waals surface area contributed by atoms with Crippen LogP contribution in [0.1, 0.15) is 40.7 Å². The summed E-state index contributed by atoms with van der Waals surface area (Å²) in [5.41, 5.74) is 1.45. The third kappa shape index (κ3) is 3.90. The highest BCUT2D eigenvalue weighted by Gasteiger charge is 2.50. The van der Waals surface area contributed by atoms with Gasteiger partial charge in [-0.05, 0) is 62.7 Å². The molecule has 0 bridgehead atoms. The van der Waals surface area contributed by atoms with E-state index >= 15 is 0 Å². The zero-order valence-corrected chi connectivity index (χ0v) is 20.3. The van der Waals surface area contributed by atoms with Crippen molar-refractivity contribution in [1.29, 1.82) is 0 Å². The van der Waals surface area contributed by atoms with Crippen LogP contribution < -0.4 is 14.8 Å². The number of carbonyl (C=O) groups is 3. The number of benzene rings is 2. The van der Waals surface area contributed by atoms with E-state index in [9.17, 15) is 18.8 Å². The number of halogens is 1. The van der Waals surface area contributed by atoms with E-state index < -0.39 is 29.8 Å². The summed E-state index contributed by atoms with van der Waals surface area (Å²) >= 11 is 0. The van der Waals surface area contributed by atoms with Gasteiger partial charge < -0.3 is 19.4 Å². The lowest BCUT2D eigenvalue weighted by molar-refractivity contribution is -0.130. The van der Waals surface area contributed by atoms with E-state index in [1.165, 1.54) is 12.1 Å². The van der Waals surface area contributed by atoms with Gasteiger partial charge in [-0.2, -0.15) is 0 Å². The van der Waals surface area contributed by atoms with Gasteiger partial charge in [0.25, 0.3) is 5.91 Å². The second kappa shape index (κ2) is 8.82. The molecular weight excluding hydrogens is 465 g/mol. The minimum absolute atomic E-state index is 0.363. The summed E-state index contributed by atoms with van der Waals surface area (Å²) in [5.74, 6) is -0.224. The standard InChI is InChI=1S/C27H26FN3O5/c1-16-12-21(17(2)31(16)20-7-4-6-19(28)14-20)22(32)15-30-25(33)27(3,29-26(30)34)18-8-9-23-24(13-18)36-11-5-10-35-23/h4,6-9,12-14H,5,10-11,15H2,1-3H3,(H,29,34). The predicted octanol–water partition coefficient (Wildman–Crippen LogP) is 4.04. The molecule has 186 valence electrons. The molecule has 1 atom stereocenters. The minimum atomic E-state index is -1.36. The monoisotopic (exact) mass is 491 g/mol. The molecule has 8 nitrogen and oxygen atoms in total. The lowest BCUT2D eigenvalue weighted by Gasteiger charge is -2.23. The summed E-state index contributed by atoms with van der Waals surface area (Å²) in [4.78, 5) is 40.5. The Bertz CT molecular complexity index is 1400. The summed E-state index contributed by atoms with van der Waals surface area (Å²) < 4.78 is 26.9. The second-order valence-electron chi connectivity index (χ2n) is 9.18. The van der Waals surface area contributed by atoms with Crippen LogP contribution in [0, 0.1) is 19.7 Å². The molecule has 36 heavy (non-hydrogen) atoms. The molecule has 2 aliphatic rings. The SMILES string of the molecule is Cc1cc(C(=O)CN2C(=O)NC(C)(c3ccc4c(c3)OCCCO4)C2=O)c(C)n1-c1cccc(F)c1. The molecule has 1 saturated heterocycles. The van der Waals surface area contributed by atoms with Gasteiger partial charge in [-0.25, -0.2) is 9.18 Å². The number of amides is 3. The average Bonchev–Trinajstić information content (AvgIpc) is 3.13. The maximum Gasteiger partial charge on any atom is 0.325 e. The van der Waals surface area contributed by atoms with Crippen molar-refractivity contribution in [3.05, 3.63) is 76.9 Å². The maximum atomic E-state index is 13.8. The van der Waals surface area contributed by atoms with Crippen molar-refractivity contribution in [3.8, 4) is 17.2 Å². The van der Waals surface area contributed by atoms with Gasteiger partial charge in [-0.3, -0.25) is 14.5 Å². The number of aromatic nitrogens is 1. The van der Waals surface area contributed by atoms with Crippen molar-refractivity contribution in [3.63, 3.8) is 0 Å². The van der Waals surface area contributed by atoms with Gasteiger partial charge in [0.15, 0.2) is 17.3 Å². The zero-order valence-electron chi connectivity index (χ0n) is 20.3. The molecule has 3 amide bonds. The second-order valence-corrected chi connectivity index (χ2v) is 9.18. The van der Waals surface area contributed by atoms with Crippen LogP contribution in [-0.2, 0) is 10.3 Å². The van der Waals surface area contributed by atoms with Crippen LogP contribution in [0.2, 0.25) is 0 Å². The first kappa shape index (κ1) is 23.6. The lowest BCUT2D eigenvalue weighted by Crippen LogP contribution is -2.41. The molecule has 2 aromatic carbocycles. The fraction of sp³-hybridized carbons (Fsp3) is 0.296. The molecule has 1 N–H and O–H groups in total.